The first-order valence-electron chi connectivity index (χ1n) is 10.8. The lowest BCUT2D eigenvalue weighted by Gasteiger charge is -2.10. The lowest BCUT2D eigenvalue weighted by atomic mass is 10.1. The monoisotopic (exact) mass is 503 g/mol. The number of halogens is 2. The van der Waals surface area contributed by atoms with Crippen LogP contribution < -0.4 is 5.32 Å². The molecule has 0 fully saturated rings. The molecule has 4 rings (SSSR count). The maximum Gasteiger partial charge on any atom is 0.268 e. The smallest absolute Gasteiger partial charge is 0.268 e. The third-order valence-corrected chi connectivity index (χ3v) is 7.57. The van der Waals surface area contributed by atoms with Crippen LogP contribution in [-0.2, 0) is 16.4 Å². The molecule has 35 heavy (non-hydrogen) atoms. The van der Waals surface area contributed by atoms with Gasteiger partial charge in [0.25, 0.3) is 11.8 Å². The highest BCUT2D eigenvalue weighted by Crippen LogP contribution is 2.29. The molecule has 2 aromatic heterocycles. The standard InChI is InChI=1S/C24H23F2N5O3S.2H2/c1-13(2)35(32,33)21-8-6-16(10-19(21)26)20-12-28-14(3)22(29-20)24-31-30-23(34-24)17-7-5-15(11-27-4)9-18(17)25;;/h5-10,12-13,27H,11H2,1-4H3;2*1H. The van der Waals surface area contributed by atoms with Crippen molar-refractivity contribution in [3.05, 3.63) is 65.5 Å². The van der Waals surface area contributed by atoms with Gasteiger partial charge < -0.3 is 9.73 Å². The largest absolute Gasteiger partial charge is 0.414 e. The van der Waals surface area contributed by atoms with E-state index in [9.17, 15) is 17.2 Å². The average molecular weight is 504 g/mol. The van der Waals surface area contributed by atoms with E-state index in [1.807, 2.05) is 0 Å². The molecule has 4 aromatic rings. The van der Waals surface area contributed by atoms with Crippen molar-refractivity contribution >= 4 is 9.84 Å². The van der Waals surface area contributed by atoms with Gasteiger partial charge in [0.2, 0.25) is 0 Å². The number of sulfone groups is 1. The summed E-state index contributed by atoms with van der Waals surface area (Å²) >= 11 is 0. The van der Waals surface area contributed by atoms with Crippen LogP contribution in [0, 0.1) is 18.6 Å². The van der Waals surface area contributed by atoms with Crippen LogP contribution in [0.1, 0.15) is 28.0 Å². The lowest BCUT2D eigenvalue weighted by Crippen LogP contribution is -2.15. The third-order valence-electron chi connectivity index (χ3n) is 5.38. The molecule has 0 atom stereocenters. The number of hydrogen-bond donors (Lipinski definition) is 1. The number of nitrogens with one attached hydrogen (secondary N) is 1. The van der Waals surface area contributed by atoms with Crippen LogP contribution in [-0.4, -0.2) is 40.9 Å². The lowest BCUT2D eigenvalue weighted by molar-refractivity contribution is 0.561. The molecule has 0 aliphatic heterocycles. The highest BCUT2D eigenvalue weighted by Gasteiger charge is 2.24. The average Bonchev–Trinajstić information content (AvgIpc) is 3.29. The van der Waals surface area contributed by atoms with Crippen molar-refractivity contribution in [3.63, 3.8) is 0 Å². The predicted molar refractivity (Wildman–Crippen MR) is 130 cm³/mol. The van der Waals surface area contributed by atoms with Gasteiger partial charge in [-0.15, -0.1) is 10.2 Å². The first kappa shape index (κ1) is 24.6. The summed E-state index contributed by atoms with van der Waals surface area (Å²) in [5, 5.41) is 10.1. The molecule has 0 bridgehead atoms. The third kappa shape index (κ3) is 4.82. The Labute approximate surface area is 204 Å². The number of aryl methyl sites for hydroxylation is 1. The summed E-state index contributed by atoms with van der Waals surface area (Å²) in [5.74, 6) is -1.38. The van der Waals surface area contributed by atoms with Crippen LogP contribution in [0.25, 0.3) is 34.3 Å². The van der Waals surface area contributed by atoms with Crippen LogP contribution >= 0.6 is 0 Å². The molecule has 0 amide bonds. The van der Waals surface area contributed by atoms with Gasteiger partial charge in [-0.1, -0.05) is 12.1 Å². The molecule has 1 N–H and O–H groups in total. The number of benzene rings is 2. The van der Waals surface area contributed by atoms with Crippen molar-refractivity contribution in [3.8, 4) is 34.3 Å². The Kier molecular flexibility index (Phi) is 6.73. The Morgan fingerprint density at radius 2 is 1.80 bits per heavy atom. The molecule has 0 aliphatic rings. The predicted octanol–water partition coefficient (Wildman–Crippen LogP) is 4.84. The van der Waals surface area contributed by atoms with E-state index in [0.29, 0.717) is 17.8 Å². The minimum absolute atomic E-state index is 0. The van der Waals surface area contributed by atoms with E-state index in [1.54, 1.807) is 26.1 Å². The Hall–Kier alpha value is -3.57. The number of nitrogens with zero attached hydrogens (tertiary/aromatic N) is 4. The molecule has 0 spiro atoms. The fourth-order valence-corrected chi connectivity index (χ4v) is 4.51. The van der Waals surface area contributed by atoms with Gasteiger partial charge in [0.05, 0.1) is 28.4 Å². The number of aromatic nitrogens is 4. The zero-order valence-corrected chi connectivity index (χ0v) is 20.3. The zero-order valence-electron chi connectivity index (χ0n) is 19.5. The second-order valence-electron chi connectivity index (χ2n) is 8.19. The summed E-state index contributed by atoms with van der Waals surface area (Å²) in [5.41, 5.74) is 2.22. The molecule has 2 aromatic carbocycles. The fraction of sp³-hybridized carbons (Fsp3) is 0.250. The van der Waals surface area contributed by atoms with Crippen molar-refractivity contribution < 1.29 is 24.5 Å². The van der Waals surface area contributed by atoms with Gasteiger partial charge in [-0.2, -0.15) is 0 Å². The van der Waals surface area contributed by atoms with Crippen LogP contribution in [0.3, 0.4) is 0 Å². The summed E-state index contributed by atoms with van der Waals surface area (Å²) < 4.78 is 59.7. The Morgan fingerprint density at radius 1 is 1.06 bits per heavy atom. The van der Waals surface area contributed by atoms with Crippen molar-refractivity contribution in [1.82, 2.24) is 25.5 Å². The van der Waals surface area contributed by atoms with E-state index in [4.69, 9.17) is 4.42 Å². The molecule has 0 aliphatic carbocycles. The molecule has 2 heterocycles. The van der Waals surface area contributed by atoms with Gasteiger partial charge in [0.15, 0.2) is 9.84 Å². The SMILES string of the molecule is CNCc1ccc(-c2nnc(-c3nc(-c4ccc(S(=O)(=O)C(C)C)c(F)c4)cnc3C)o2)c(F)c1.[HH].[HH]. The van der Waals surface area contributed by atoms with Crippen molar-refractivity contribution in [2.45, 2.75) is 37.5 Å². The van der Waals surface area contributed by atoms with Gasteiger partial charge in [0.1, 0.15) is 22.2 Å². The molecular weight excluding hydrogens is 476 g/mol. The normalized spacial score (nSPS) is 11.9. The molecule has 11 heteroatoms. The Morgan fingerprint density at radius 3 is 2.46 bits per heavy atom. The van der Waals surface area contributed by atoms with Gasteiger partial charge in [-0.25, -0.2) is 22.2 Å². The number of rotatable bonds is 7. The van der Waals surface area contributed by atoms with Gasteiger partial charge in [-0.05, 0) is 57.6 Å². The highest BCUT2D eigenvalue weighted by molar-refractivity contribution is 7.92. The van der Waals surface area contributed by atoms with Crippen molar-refractivity contribution in [2.75, 3.05) is 7.05 Å². The van der Waals surface area contributed by atoms with Crippen molar-refractivity contribution in [2.24, 2.45) is 0 Å². The van der Waals surface area contributed by atoms with E-state index in [-0.39, 0.29) is 36.5 Å². The first-order chi connectivity index (χ1) is 16.6. The van der Waals surface area contributed by atoms with Crippen LogP contribution in [0.15, 0.2) is 51.9 Å². The topological polar surface area (TPSA) is 111 Å². The molecule has 0 saturated heterocycles. The zero-order chi connectivity index (χ0) is 25.3. The molecule has 0 radical (unpaired) electrons. The number of hydrogen-bond acceptors (Lipinski definition) is 8. The van der Waals surface area contributed by atoms with Crippen LogP contribution in [0.4, 0.5) is 8.78 Å². The summed E-state index contributed by atoms with van der Waals surface area (Å²) in [4.78, 5) is 8.38. The summed E-state index contributed by atoms with van der Waals surface area (Å²) in [6, 6.07) is 8.47. The second kappa shape index (κ2) is 9.59. The summed E-state index contributed by atoms with van der Waals surface area (Å²) in [6.45, 7) is 5.17. The Balaban J connectivity index is 0.00000241. The quantitative estimate of drug-likeness (QED) is 0.381. The first-order valence-corrected chi connectivity index (χ1v) is 12.3. The summed E-state index contributed by atoms with van der Waals surface area (Å²) in [7, 11) is -2.01. The molecule has 8 nitrogen and oxygen atoms in total. The van der Waals surface area contributed by atoms with Crippen molar-refractivity contribution in [1.29, 1.82) is 0 Å². The van der Waals surface area contributed by atoms with E-state index in [2.05, 4.69) is 25.5 Å². The van der Waals surface area contributed by atoms with Gasteiger partial charge in [-0.3, -0.25) is 4.98 Å². The van der Waals surface area contributed by atoms with Gasteiger partial charge in [0, 0.05) is 15.0 Å². The second-order valence-corrected chi connectivity index (χ2v) is 10.7. The highest BCUT2D eigenvalue weighted by atomic mass is 32.2. The minimum atomic E-state index is -3.78. The van der Waals surface area contributed by atoms with Gasteiger partial charge >= 0.3 is 0 Å². The van der Waals surface area contributed by atoms with E-state index in [1.165, 1.54) is 38.2 Å². The molecule has 0 saturated carbocycles. The minimum Gasteiger partial charge on any atom is -0.414 e. The van der Waals surface area contributed by atoms with E-state index < -0.39 is 26.7 Å². The Bertz CT molecular complexity index is 1510. The maximum atomic E-state index is 14.7. The van der Waals surface area contributed by atoms with Crippen LogP contribution in [0.5, 0.6) is 0 Å². The van der Waals surface area contributed by atoms with E-state index in [0.717, 1.165) is 11.6 Å². The maximum absolute atomic E-state index is 14.7. The molecule has 186 valence electrons. The fourth-order valence-electron chi connectivity index (χ4n) is 3.41. The molecule has 0 unspecified atom stereocenters. The van der Waals surface area contributed by atoms with Crippen LogP contribution in [0.2, 0.25) is 0 Å². The van der Waals surface area contributed by atoms with E-state index >= 15 is 0 Å². The molecular formula is C24H27F2N5O3S. The summed E-state index contributed by atoms with van der Waals surface area (Å²) in [6.07, 6.45) is 1.43.